The highest BCUT2D eigenvalue weighted by atomic mass is 16.4. The first-order valence-corrected chi connectivity index (χ1v) is 6.74. The van der Waals surface area contributed by atoms with Crippen LogP contribution < -0.4 is 5.43 Å². The molecule has 0 amide bonds. The molecule has 4 nitrogen and oxygen atoms in total. The van der Waals surface area contributed by atoms with E-state index in [4.69, 9.17) is 0 Å². The van der Waals surface area contributed by atoms with Crippen molar-refractivity contribution >= 4 is 27.8 Å². The number of pyridine rings is 1. The number of nitrogens with zero attached hydrogens (tertiary/aromatic N) is 1. The number of hydrogen-bond donors (Lipinski definition) is 1. The average molecular weight is 281 g/mol. The minimum Gasteiger partial charge on any atom is -0.480 e. The number of carbonyl (C=O) groups is 1. The number of aliphatic carboxylic acids is 1. The van der Waals surface area contributed by atoms with Crippen LogP contribution in [0.1, 0.15) is 11.1 Å². The van der Waals surface area contributed by atoms with Crippen LogP contribution in [0.15, 0.2) is 41.2 Å². The van der Waals surface area contributed by atoms with Gasteiger partial charge in [0.2, 0.25) is 0 Å². The van der Waals surface area contributed by atoms with Gasteiger partial charge in [-0.25, -0.2) is 0 Å². The molecule has 106 valence electrons. The maximum absolute atomic E-state index is 12.6. The molecule has 0 saturated carbocycles. The topological polar surface area (TPSA) is 59.3 Å². The van der Waals surface area contributed by atoms with Gasteiger partial charge in [0, 0.05) is 10.8 Å². The molecule has 0 atom stereocenters. The Kier molecular flexibility index (Phi) is 3.01. The predicted molar refractivity (Wildman–Crippen MR) is 82.8 cm³/mol. The maximum atomic E-state index is 12.6. The molecule has 0 unspecified atom stereocenters. The largest absolute Gasteiger partial charge is 0.480 e. The Bertz CT molecular complexity index is 938. The van der Waals surface area contributed by atoms with Gasteiger partial charge in [-0.15, -0.1) is 0 Å². The van der Waals surface area contributed by atoms with Gasteiger partial charge in [0.1, 0.15) is 6.54 Å². The third-order valence-corrected chi connectivity index (χ3v) is 3.95. The van der Waals surface area contributed by atoms with Crippen LogP contribution in [0.5, 0.6) is 0 Å². The van der Waals surface area contributed by atoms with Gasteiger partial charge in [-0.2, -0.15) is 0 Å². The van der Waals surface area contributed by atoms with Crippen molar-refractivity contribution in [3.8, 4) is 0 Å². The Morgan fingerprint density at radius 1 is 1.10 bits per heavy atom. The monoisotopic (exact) mass is 281 g/mol. The summed E-state index contributed by atoms with van der Waals surface area (Å²) in [5, 5.41) is 10.3. The Labute approximate surface area is 121 Å². The summed E-state index contributed by atoms with van der Waals surface area (Å²) in [6.45, 7) is 3.71. The molecule has 3 aromatic rings. The van der Waals surface area contributed by atoms with E-state index in [9.17, 15) is 14.7 Å². The van der Waals surface area contributed by atoms with Crippen molar-refractivity contribution in [3.63, 3.8) is 0 Å². The van der Waals surface area contributed by atoms with Crippen LogP contribution in [0, 0.1) is 13.8 Å². The highest BCUT2D eigenvalue weighted by molar-refractivity contribution is 5.96. The average Bonchev–Trinajstić information content (AvgIpc) is 2.46. The van der Waals surface area contributed by atoms with E-state index in [1.807, 2.05) is 26.0 Å². The highest BCUT2D eigenvalue weighted by Crippen LogP contribution is 2.24. The lowest BCUT2D eigenvalue weighted by Gasteiger charge is -2.16. The third-order valence-electron chi connectivity index (χ3n) is 3.95. The molecule has 0 radical (unpaired) electrons. The molecule has 0 aliphatic rings. The van der Waals surface area contributed by atoms with E-state index in [0.717, 1.165) is 11.1 Å². The minimum absolute atomic E-state index is 0.0506. The molecule has 2 aromatic carbocycles. The number of aryl methyl sites for hydroxylation is 2. The number of aromatic nitrogens is 1. The van der Waals surface area contributed by atoms with Crippen molar-refractivity contribution in [1.29, 1.82) is 0 Å². The summed E-state index contributed by atoms with van der Waals surface area (Å²) >= 11 is 0. The first kappa shape index (κ1) is 13.4. The fourth-order valence-corrected chi connectivity index (χ4v) is 2.80. The number of carboxylic acid groups (broad SMARTS) is 1. The number of para-hydroxylation sites is 1. The number of hydrogen-bond acceptors (Lipinski definition) is 2. The first-order chi connectivity index (χ1) is 10.0. The minimum atomic E-state index is -0.925. The van der Waals surface area contributed by atoms with Crippen LogP contribution in [0.4, 0.5) is 0 Å². The van der Waals surface area contributed by atoms with Crippen LogP contribution in [0.2, 0.25) is 0 Å². The Hall–Kier alpha value is -2.62. The quantitative estimate of drug-likeness (QED) is 0.735. The van der Waals surface area contributed by atoms with E-state index >= 15 is 0 Å². The Balaban J connectivity index is 2.63. The van der Waals surface area contributed by atoms with Gasteiger partial charge in [-0.3, -0.25) is 9.59 Å². The summed E-state index contributed by atoms with van der Waals surface area (Å²) in [7, 11) is 0. The second-order valence-electron chi connectivity index (χ2n) is 5.23. The van der Waals surface area contributed by atoms with Crippen molar-refractivity contribution in [3.05, 3.63) is 57.7 Å². The fraction of sp³-hybridized carbons (Fsp3) is 0.176. The van der Waals surface area contributed by atoms with Crippen LogP contribution in [-0.4, -0.2) is 15.6 Å². The SMILES string of the molecule is Cc1ccc2c(=O)c3ccccc3n(CC(=O)O)c2c1C. The number of carboxylic acids is 1. The zero-order valence-corrected chi connectivity index (χ0v) is 11.9. The number of fused-ring (bicyclic) bond motifs is 2. The van der Waals surface area contributed by atoms with Gasteiger partial charge in [-0.05, 0) is 43.2 Å². The molecule has 0 aliphatic heterocycles. The molecule has 0 spiro atoms. The first-order valence-electron chi connectivity index (χ1n) is 6.74. The van der Waals surface area contributed by atoms with E-state index in [-0.39, 0.29) is 12.0 Å². The van der Waals surface area contributed by atoms with Gasteiger partial charge in [0.05, 0.1) is 11.0 Å². The van der Waals surface area contributed by atoms with Gasteiger partial charge < -0.3 is 9.67 Å². The lowest BCUT2D eigenvalue weighted by molar-refractivity contribution is -0.137. The second-order valence-corrected chi connectivity index (χ2v) is 5.23. The fourth-order valence-electron chi connectivity index (χ4n) is 2.80. The summed E-state index contributed by atoms with van der Waals surface area (Å²) in [5.74, 6) is -0.925. The summed E-state index contributed by atoms with van der Waals surface area (Å²) in [6.07, 6.45) is 0. The van der Waals surface area contributed by atoms with Crippen molar-refractivity contribution in [2.24, 2.45) is 0 Å². The molecular weight excluding hydrogens is 266 g/mol. The number of rotatable bonds is 2. The van der Waals surface area contributed by atoms with Crippen LogP contribution >= 0.6 is 0 Å². The van der Waals surface area contributed by atoms with Crippen LogP contribution in [0.25, 0.3) is 21.8 Å². The summed E-state index contributed by atoms with van der Waals surface area (Å²) < 4.78 is 1.72. The van der Waals surface area contributed by atoms with E-state index in [2.05, 4.69) is 0 Å². The third kappa shape index (κ3) is 2.00. The summed E-state index contributed by atoms with van der Waals surface area (Å²) in [5.41, 5.74) is 3.30. The molecule has 4 heteroatoms. The lowest BCUT2D eigenvalue weighted by Crippen LogP contribution is -2.17. The predicted octanol–water partition coefficient (Wildman–Crippen LogP) is 2.86. The maximum Gasteiger partial charge on any atom is 0.323 e. The van der Waals surface area contributed by atoms with Crippen LogP contribution in [-0.2, 0) is 11.3 Å². The van der Waals surface area contributed by atoms with Gasteiger partial charge in [0.15, 0.2) is 5.43 Å². The summed E-state index contributed by atoms with van der Waals surface area (Å²) in [6, 6.07) is 10.8. The standard InChI is InChI=1S/C17H15NO3/c1-10-7-8-13-16(11(10)2)18(9-15(19)20)14-6-4-3-5-12(14)17(13)21/h3-8H,9H2,1-2H3,(H,19,20). The molecule has 0 aliphatic carbocycles. The van der Waals surface area contributed by atoms with Crippen LogP contribution in [0.3, 0.4) is 0 Å². The highest BCUT2D eigenvalue weighted by Gasteiger charge is 2.14. The molecule has 0 fully saturated rings. The molecule has 1 aromatic heterocycles. The summed E-state index contributed by atoms with van der Waals surface area (Å²) in [4.78, 5) is 23.9. The van der Waals surface area contributed by atoms with Crippen molar-refractivity contribution in [1.82, 2.24) is 4.57 Å². The smallest absolute Gasteiger partial charge is 0.323 e. The molecule has 1 N–H and O–H groups in total. The molecule has 21 heavy (non-hydrogen) atoms. The second kappa shape index (κ2) is 4.74. The normalized spacial score (nSPS) is 11.1. The molecule has 1 heterocycles. The number of benzene rings is 2. The van der Waals surface area contributed by atoms with Gasteiger partial charge in [0.25, 0.3) is 0 Å². The zero-order chi connectivity index (χ0) is 15.1. The Morgan fingerprint density at radius 3 is 2.52 bits per heavy atom. The van der Waals surface area contributed by atoms with Gasteiger partial charge >= 0.3 is 5.97 Å². The van der Waals surface area contributed by atoms with E-state index in [1.165, 1.54) is 0 Å². The molecule has 0 bridgehead atoms. The van der Waals surface area contributed by atoms with Gasteiger partial charge in [-0.1, -0.05) is 18.2 Å². The molecule has 3 rings (SSSR count). The lowest BCUT2D eigenvalue weighted by atomic mass is 10.0. The molecule has 0 saturated heterocycles. The van der Waals surface area contributed by atoms with Crippen molar-refractivity contribution < 1.29 is 9.90 Å². The van der Waals surface area contributed by atoms with E-state index < -0.39 is 5.97 Å². The van der Waals surface area contributed by atoms with E-state index in [1.54, 1.807) is 28.8 Å². The van der Waals surface area contributed by atoms with E-state index in [0.29, 0.717) is 21.8 Å². The molecular formula is C17H15NO3. The van der Waals surface area contributed by atoms with Crippen molar-refractivity contribution in [2.45, 2.75) is 20.4 Å². The van der Waals surface area contributed by atoms with Crippen molar-refractivity contribution in [2.75, 3.05) is 0 Å². The Morgan fingerprint density at radius 2 is 1.81 bits per heavy atom. The zero-order valence-electron chi connectivity index (χ0n) is 11.9.